The number of anilines is 2. The summed E-state index contributed by atoms with van der Waals surface area (Å²) >= 11 is 0. The number of rotatable bonds is 5. The normalized spacial score (nSPS) is 17.4. The number of piperidine rings is 1. The number of sulfonamides is 1. The number of amides is 2. The Labute approximate surface area is 181 Å². The van der Waals surface area contributed by atoms with Crippen molar-refractivity contribution < 1.29 is 22.7 Å². The lowest BCUT2D eigenvalue weighted by atomic mass is 9.97. The molecule has 0 unspecified atom stereocenters. The number of para-hydroxylation sites is 1. The van der Waals surface area contributed by atoms with Gasteiger partial charge in [0.1, 0.15) is 5.75 Å². The van der Waals surface area contributed by atoms with Crippen molar-refractivity contribution in [3.8, 4) is 5.75 Å². The fraction of sp³-hybridized carbons (Fsp3) is 0.364. The number of nitrogens with zero attached hydrogens (tertiary/aromatic N) is 1. The van der Waals surface area contributed by atoms with Crippen molar-refractivity contribution >= 4 is 33.2 Å². The molecule has 2 heterocycles. The van der Waals surface area contributed by atoms with E-state index in [0.717, 1.165) is 17.7 Å². The third-order valence-corrected chi connectivity index (χ3v) is 7.60. The minimum Gasteiger partial charge on any atom is -0.482 e. The van der Waals surface area contributed by atoms with E-state index in [1.54, 1.807) is 6.07 Å². The predicted molar refractivity (Wildman–Crippen MR) is 116 cm³/mol. The molecule has 0 spiro atoms. The smallest absolute Gasteiger partial charge is 0.262 e. The molecule has 31 heavy (non-hydrogen) atoms. The van der Waals surface area contributed by atoms with Gasteiger partial charge in [0.25, 0.3) is 5.91 Å². The molecule has 2 amide bonds. The van der Waals surface area contributed by atoms with Crippen LogP contribution < -0.4 is 15.4 Å². The molecule has 1 fully saturated rings. The van der Waals surface area contributed by atoms with Crippen molar-refractivity contribution in [3.63, 3.8) is 0 Å². The number of carbonyl (C=O) groups is 2. The van der Waals surface area contributed by atoms with Gasteiger partial charge < -0.3 is 15.4 Å². The van der Waals surface area contributed by atoms with Crippen molar-refractivity contribution in [3.05, 3.63) is 48.0 Å². The Morgan fingerprint density at radius 1 is 1.19 bits per heavy atom. The lowest BCUT2D eigenvalue weighted by Gasteiger charge is -2.31. The van der Waals surface area contributed by atoms with E-state index >= 15 is 0 Å². The van der Waals surface area contributed by atoms with Crippen LogP contribution in [0.15, 0.2) is 47.4 Å². The summed E-state index contributed by atoms with van der Waals surface area (Å²) in [6.07, 6.45) is 1.72. The van der Waals surface area contributed by atoms with Gasteiger partial charge in [0.05, 0.1) is 10.6 Å². The van der Waals surface area contributed by atoms with E-state index in [1.165, 1.54) is 16.4 Å². The molecule has 2 N–H and O–H groups in total. The summed E-state index contributed by atoms with van der Waals surface area (Å²) in [7, 11) is -3.74. The highest BCUT2D eigenvalue weighted by molar-refractivity contribution is 7.89. The Morgan fingerprint density at radius 3 is 2.68 bits per heavy atom. The number of fused-ring (bicyclic) bond motifs is 1. The maximum Gasteiger partial charge on any atom is 0.262 e. The number of ether oxygens (including phenoxy) is 1. The molecule has 2 aliphatic heterocycles. The molecule has 9 heteroatoms. The van der Waals surface area contributed by atoms with Crippen molar-refractivity contribution in [1.82, 2.24) is 4.31 Å². The van der Waals surface area contributed by atoms with Gasteiger partial charge >= 0.3 is 0 Å². The van der Waals surface area contributed by atoms with Gasteiger partial charge in [0.2, 0.25) is 15.9 Å². The van der Waals surface area contributed by atoms with Crippen LogP contribution in [0.4, 0.5) is 11.4 Å². The molecule has 0 atom stereocenters. The van der Waals surface area contributed by atoms with Gasteiger partial charge in [-0.2, -0.15) is 4.31 Å². The Balaban J connectivity index is 1.41. The summed E-state index contributed by atoms with van der Waals surface area (Å²) in [5.41, 5.74) is 2.23. The molecule has 0 saturated carbocycles. The maximum absolute atomic E-state index is 13.1. The van der Waals surface area contributed by atoms with Gasteiger partial charge in [0.15, 0.2) is 6.61 Å². The number of hydrogen-bond donors (Lipinski definition) is 2. The quantitative estimate of drug-likeness (QED) is 0.739. The Bertz CT molecular complexity index is 1110. The van der Waals surface area contributed by atoms with Gasteiger partial charge in [-0.25, -0.2) is 8.42 Å². The highest BCUT2D eigenvalue weighted by Crippen LogP contribution is 2.32. The zero-order valence-corrected chi connectivity index (χ0v) is 18.1. The van der Waals surface area contributed by atoms with Gasteiger partial charge in [-0.05, 0) is 49.1 Å². The van der Waals surface area contributed by atoms with Crippen LogP contribution in [0.5, 0.6) is 5.75 Å². The number of nitrogens with one attached hydrogen (secondary N) is 2. The third kappa shape index (κ3) is 4.42. The van der Waals surface area contributed by atoms with E-state index in [1.807, 2.05) is 31.2 Å². The van der Waals surface area contributed by atoms with Crippen LogP contribution in [0.2, 0.25) is 0 Å². The molecular formula is C22H25N3O5S. The fourth-order valence-electron chi connectivity index (χ4n) is 3.92. The molecule has 1 saturated heterocycles. The van der Waals surface area contributed by atoms with Crippen molar-refractivity contribution in [1.29, 1.82) is 0 Å². The topological polar surface area (TPSA) is 105 Å². The Kier molecular flexibility index (Phi) is 5.97. The monoisotopic (exact) mass is 443 g/mol. The second kappa shape index (κ2) is 8.68. The lowest BCUT2D eigenvalue weighted by molar-refractivity contribution is -0.121. The molecule has 2 aliphatic rings. The lowest BCUT2D eigenvalue weighted by Crippen LogP contribution is -2.41. The summed E-state index contributed by atoms with van der Waals surface area (Å²) in [6.45, 7) is 2.47. The van der Waals surface area contributed by atoms with Crippen molar-refractivity contribution in [2.24, 2.45) is 5.92 Å². The first-order chi connectivity index (χ1) is 14.9. The number of carbonyl (C=O) groups excluding carboxylic acids is 2. The molecule has 164 valence electrons. The maximum atomic E-state index is 13.1. The van der Waals surface area contributed by atoms with Crippen LogP contribution in [-0.4, -0.2) is 44.2 Å². The van der Waals surface area contributed by atoms with E-state index in [0.29, 0.717) is 24.3 Å². The van der Waals surface area contributed by atoms with Gasteiger partial charge in [-0.3, -0.25) is 9.59 Å². The van der Waals surface area contributed by atoms with Crippen LogP contribution in [-0.2, 0) is 26.0 Å². The Morgan fingerprint density at radius 2 is 1.94 bits per heavy atom. The first-order valence-corrected chi connectivity index (χ1v) is 11.8. The minimum absolute atomic E-state index is 0.0772. The number of aryl methyl sites for hydroxylation is 1. The molecule has 4 rings (SSSR count). The average Bonchev–Trinajstić information content (AvgIpc) is 2.79. The van der Waals surface area contributed by atoms with Crippen LogP contribution in [0.3, 0.4) is 0 Å². The highest BCUT2D eigenvalue weighted by atomic mass is 32.2. The summed E-state index contributed by atoms with van der Waals surface area (Å²) in [5, 5.41) is 5.62. The third-order valence-electron chi connectivity index (χ3n) is 5.70. The summed E-state index contributed by atoms with van der Waals surface area (Å²) in [6, 6.07) is 12.1. The summed E-state index contributed by atoms with van der Waals surface area (Å²) < 4.78 is 32.8. The first kappa shape index (κ1) is 21.3. The van der Waals surface area contributed by atoms with Gasteiger partial charge in [-0.1, -0.05) is 25.1 Å². The largest absolute Gasteiger partial charge is 0.482 e. The second-order valence-electron chi connectivity index (χ2n) is 7.67. The SMILES string of the molecule is CCc1ccccc1NC(=O)C1CCN(S(=O)(=O)c2ccc3c(c2)NC(=O)CO3)CC1. The average molecular weight is 444 g/mol. The van der Waals surface area contributed by atoms with Crippen molar-refractivity contribution in [2.45, 2.75) is 31.1 Å². The molecule has 0 bridgehead atoms. The summed E-state index contributed by atoms with van der Waals surface area (Å²) in [5.74, 6) is -0.195. The standard InChI is InChI=1S/C22H25N3O5S/c1-2-15-5-3-4-6-18(15)24-22(27)16-9-11-25(12-10-16)31(28,29)17-7-8-20-19(13-17)23-21(26)14-30-20/h3-8,13,16H,2,9-12,14H2,1H3,(H,23,26)(H,24,27). The van der Waals surface area contributed by atoms with Crippen LogP contribution in [0.1, 0.15) is 25.3 Å². The van der Waals surface area contributed by atoms with E-state index in [4.69, 9.17) is 4.74 Å². The van der Waals surface area contributed by atoms with E-state index in [9.17, 15) is 18.0 Å². The molecule has 0 aromatic heterocycles. The molecule has 0 aliphatic carbocycles. The first-order valence-electron chi connectivity index (χ1n) is 10.3. The van der Waals surface area contributed by atoms with Gasteiger partial charge in [0, 0.05) is 24.7 Å². The van der Waals surface area contributed by atoms with E-state index in [-0.39, 0.29) is 42.3 Å². The fourth-order valence-corrected chi connectivity index (χ4v) is 5.41. The highest BCUT2D eigenvalue weighted by Gasteiger charge is 2.33. The molecular weight excluding hydrogens is 418 g/mol. The van der Waals surface area contributed by atoms with E-state index in [2.05, 4.69) is 10.6 Å². The molecule has 2 aromatic carbocycles. The molecule has 0 radical (unpaired) electrons. The zero-order valence-electron chi connectivity index (χ0n) is 17.3. The van der Waals surface area contributed by atoms with Crippen LogP contribution in [0.25, 0.3) is 0 Å². The number of benzene rings is 2. The molecule has 8 nitrogen and oxygen atoms in total. The van der Waals surface area contributed by atoms with Crippen LogP contribution in [0, 0.1) is 5.92 Å². The van der Waals surface area contributed by atoms with Crippen molar-refractivity contribution in [2.75, 3.05) is 30.3 Å². The molecule has 2 aromatic rings. The van der Waals surface area contributed by atoms with Gasteiger partial charge in [-0.15, -0.1) is 0 Å². The zero-order chi connectivity index (χ0) is 22.0. The minimum atomic E-state index is -3.74. The Hall–Kier alpha value is -2.91. The van der Waals surface area contributed by atoms with Crippen LogP contribution >= 0.6 is 0 Å². The number of hydrogen-bond acceptors (Lipinski definition) is 5. The predicted octanol–water partition coefficient (Wildman–Crippen LogP) is 2.62. The second-order valence-corrected chi connectivity index (χ2v) is 9.61. The summed E-state index contributed by atoms with van der Waals surface area (Å²) in [4.78, 5) is 24.3. The van der Waals surface area contributed by atoms with E-state index < -0.39 is 10.0 Å².